The number of amides is 1. The summed E-state index contributed by atoms with van der Waals surface area (Å²) < 4.78 is 5.96. The number of non-ortho nitro benzene ring substituents is 1. The molecule has 0 radical (unpaired) electrons. The third kappa shape index (κ3) is 3.15. The molecule has 0 saturated carbocycles. The van der Waals surface area contributed by atoms with Crippen LogP contribution in [-0.4, -0.2) is 22.9 Å². The summed E-state index contributed by atoms with van der Waals surface area (Å²) in [6, 6.07) is 8.74. The number of anilines is 1. The van der Waals surface area contributed by atoms with Crippen molar-refractivity contribution in [3.05, 3.63) is 57.1 Å². The van der Waals surface area contributed by atoms with Gasteiger partial charge in [0, 0.05) is 23.8 Å². The van der Waals surface area contributed by atoms with Crippen LogP contribution in [0.3, 0.4) is 0 Å². The predicted molar refractivity (Wildman–Crippen MR) is 92.2 cm³/mol. The number of hydrogen-bond acceptors (Lipinski definition) is 6. The van der Waals surface area contributed by atoms with Gasteiger partial charge in [0.25, 0.3) is 11.6 Å². The number of ether oxygens (including phenoxy) is 1. The Hall–Kier alpha value is -2.71. The standard InChI is InChI=1S/C15H10ClN3O4S/c1-23-12-7-13-11(6-10(12)16)17-15(24-13)18-14(20)8-2-4-9(5-3-8)19(21)22/h2-7H,1H3,(H,17,18,20). The zero-order valence-corrected chi connectivity index (χ0v) is 13.9. The fraction of sp³-hybridized carbons (Fsp3) is 0.0667. The van der Waals surface area contributed by atoms with Gasteiger partial charge in [0.05, 0.1) is 27.3 Å². The van der Waals surface area contributed by atoms with Gasteiger partial charge < -0.3 is 4.74 Å². The molecule has 0 aliphatic carbocycles. The minimum absolute atomic E-state index is 0.0757. The number of nitro benzene ring substituents is 1. The first-order chi connectivity index (χ1) is 11.5. The van der Waals surface area contributed by atoms with E-state index in [-0.39, 0.29) is 5.69 Å². The lowest BCUT2D eigenvalue weighted by Gasteiger charge is -2.00. The van der Waals surface area contributed by atoms with E-state index in [9.17, 15) is 14.9 Å². The van der Waals surface area contributed by atoms with Gasteiger partial charge in [-0.05, 0) is 18.2 Å². The number of carbonyl (C=O) groups is 1. The Morgan fingerprint density at radius 1 is 1.33 bits per heavy atom. The number of halogens is 1. The van der Waals surface area contributed by atoms with Crippen molar-refractivity contribution >= 4 is 49.9 Å². The van der Waals surface area contributed by atoms with Gasteiger partial charge in [-0.3, -0.25) is 20.2 Å². The summed E-state index contributed by atoms with van der Waals surface area (Å²) in [6.45, 7) is 0. The van der Waals surface area contributed by atoms with Crippen LogP contribution >= 0.6 is 22.9 Å². The summed E-state index contributed by atoms with van der Waals surface area (Å²) >= 11 is 7.33. The second kappa shape index (κ2) is 6.42. The molecule has 122 valence electrons. The van der Waals surface area contributed by atoms with Crippen molar-refractivity contribution in [3.8, 4) is 5.75 Å². The lowest BCUT2D eigenvalue weighted by atomic mass is 10.2. The fourth-order valence-electron chi connectivity index (χ4n) is 2.04. The molecular weight excluding hydrogens is 354 g/mol. The molecule has 24 heavy (non-hydrogen) atoms. The van der Waals surface area contributed by atoms with E-state index < -0.39 is 10.8 Å². The maximum Gasteiger partial charge on any atom is 0.269 e. The Kier molecular flexibility index (Phi) is 4.32. The third-order valence-electron chi connectivity index (χ3n) is 3.22. The van der Waals surface area contributed by atoms with Gasteiger partial charge in [0.1, 0.15) is 5.75 Å². The van der Waals surface area contributed by atoms with Gasteiger partial charge in [-0.2, -0.15) is 0 Å². The van der Waals surface area contributed by atoms with Crippen molar-refractivity contribution in [2.75, 3.05) is 12.4 Å². The highest BCUT2D eigenvalue weighted by atomic mass is 35.5. The molecule has 9 heteroatoms. The molecule has 2 aromatic carbocycles. The normalized spacial score (nSPS) is 10.6. The molecule has 3 rings (SSSR count). The number of nitrogens with one attached hydrogen (secondary N) is 1. The third-order valence-corrected chi connectivity index (χ3v) is 4.45. The molecule has 0 fully saturated rings. The molecule has 7 nitrogen and oxygen atoms in total. The monoisotopic (exact) mass is 363 g/mol. The highest BCUT2D eigenvalue weighted by Gasteiger charge is 2.13. The number of methoxy groups -OCH3 is 1. The quantitative estimate of drug-likeness (QED) is 0.555. The van der Waals surface area contributed by atoms with Crippen LogP contribution in [0.5, 0.6) is 5.75 Å². The number of thiazole rings is 1. The van der Waals surface area contributed by atoms with E-state index in [4.69, 9.17) is 16.3 Å². The summed E-state index contributed by atoms with van der Waals surface area (Å²) in [7, 11) is 1.52. The second-order valence-corrected chi connectivity index (χ2v) is 6.17. The molecular formula is C15H10ClN3O4S. The Balaban J connectivity index is 1.83. The van der Waals surface area contributed by atoms with Gasteiger partial charge in [-0.15, -0.1) is 0 Å². The summed E-state index contributed by atoms with van der Waals surface area (Å²) in [5.74, 6) is 0.128. The van der Waals surface area contributed by atoms with Gasteiger partial charge in [0.2, 0.25) is 0 Å². The number of nitrogens with zero attached hydrogens (tertiary/aromatic N) is 2. The molecule has 0 aliphatic heterocycles. The van der Waals surface area contributed by atoms with Gasteiger partial charge in [-0.1, -0.05) is 22.9 Å². The first-order valence-electron chi connectivity index (χ1n) is 6.68. The molecule has 0 bridgehead atoms. The van der Waals surface area contributed by atoms with Crippen molar-refractivity contribution < 1.29 is 14.5 Å². The highest BCUT2D eigenvalue weighted by Crippen LogP contribution is 2.34. The summed E-state index contributed by atoms with van der Waals surface area (Å²) in [4.78, 5) is 26.6. The van der Waals surface area contributed by atoms with E-state index in [0.29, 0.717) is 27.0 Å². The molecule has 1 N–H and O–H groups in total. The van der Waals surface area contributed by atoms with Crippen LogP contribution in [-0.2, 0) is 0 Å². The van der Waals surface area contributed by atoms with Crippen LogP contribution < -0.4 is 10.1 Å². The zero-order chi connectivity index (χ0) is 17.3. The van der Waals surface area contributed by atoms with E-state index in [2.05, 4.69) is 10.3 Å². The lowest BCUT2D eigenvalue weighted by Crippen LogP contribution is -2.11. The van der Waals surface area contributed by atoms with Crippen LogP contribution in [0.25, 0.3) is 10.2 Å². The largest absolute Gasteiger partial charge is 0.495 e. The van der Waals surface area contributed by atoms with E-state index in [1.165, 1.54) is 42.7 Å². The van der Waals surface area contributed by atoms with Crippen molar-refractivity contribution in [3.63, 3.8) is 0 Å². The van der Waals surface area contributed by atoms with E-state index in [1.807, 2.05) is 0 Å². The van der Waals surface area contributed by atoms with Crippen molar-refractivity contribution in [1.29, 1.82) is 0 Å². The Morgan fingerprint density at radius 2 is 2.04 bits per heavy atom. The van der Waals surface area contributed by atoms with E-state index >= 15 is 0 Å². The minimum atomic E-state index is -0.521. The number of aromatic nitrogens is 1. The van der Waals surface area contributed by atoms with Crippen LogP contribution in [0.1, 0.15) is 10.4 Å². The maximum absolute atomic E-state index is 12.2. The Labute approximate surface area is 145 Å². The summed E-state index contributed by atoms with van der Waals surface area (Å²) in [5, 5.41) is 14.1. The molecule has 0 spiro atoms. The van der Waals surface area contributed by atoms with Crippen LogP contribution in [0.15, 0.2) is 36.4 Å². The first kappa shape index (κ1) is 16.2. The number of carbonyl (C=O) groups excluding carboxylic acids is 1. The van der Waals surface area contributed by atoms with Crippen molar-refractivity contribution in [2.45, 2.75) is 0 Å². The molecule has 0 atom stereocenters. The number of hydrogen-bond donors (Lipinski definition) is 1. The maximum atomic E-state index is 12.2. The molecule has 1 aromatic heterocycles. The van der Waals surface area contributed by atoms with E-state index in [1.54, 1.807) is 12.1 Å². The van der Waals surface area contributed by atoms with Crippen molar-refractivity contribution in [1.82, 2.24) is 4.98 Å². The van der Waals surface area contributed by atoms with Gasteiger partial charge in [0.15, 0.2) is 5.13 Å². The number of rotatable bonds is 4. The topological polar surface area (TPSA) is 94.4 Å². The molecule has 0 unspecified atom stereocenters. The fourth-order valence-corrected chi connectivity index (χ4v) is 3.15. The molecule has 3 aromatic rings. The number of fused-ring (bicyclic) bond motifs is 1. The SMILES string of the molecule is COc1cc2sc(NC(=O)c3ccc([N+](=O)[O-])cc3)nc2cc1Cl. The zero-order valence-electron chi connectivity index (χ0n) is 12.3. The molecule has 1 heterocycles. The molecule has 1 amide bonds. The van der Waals surface area contributed by atoms with Gasteiger partial charge in [-0.25, -0.2) is 4.98 Å². The van der Waals surface area contributed by atoms with Crippen molar-refractivity contribution in [2.24, 2.45) is 0 Å². The average Bonchev–Trinajstić information content (AvgIpc) is 2.94. The summed E-state index contributed by atoms with van der Waals surface area (Å²) in [6.07, 6.45) is 0. The second-order valence-electron chi connectivity index (χ2n) is 4.73. The first-order valence-corrected chi connectivity index (χ1v) is 7.87. The van der Waals surface area contributed by atoms with Crippen LogP contribution in [0.2, 0.25) is 5.02 Å². The van der Waals surface area contributed by atoms with Crippen LogP contribution in [0.4, 0.5) is 10.8 Å². The van der Waals surface area contributed by atoms with Crippen LogP contribution in [0, 0.1) is 10.1 Å². The lowest BCUT2D eigenvalue weighted by molar-refractivity contribution is -0.384. The number of benzene rings is 2. The number of nitro groups is 1. The van der Waals surface area contributed by atoms with E-state index in [0.717, 1.165) is 4.70 Å². The minimum Gasteiger partial charge on any atom is -0.495 e. The average molecular weight is 364 g/mol. The predicted octanol–water partition coefficient (Wildman–Crippen LogP) is 4.12. The Bertz CT molecular complexity index is 940. The van der Waals surface area contributed by atoms with Gasteiger partial charge >= 0.3 is 0 Å². The molecule has 0 saturated heterocycles. The Morgan fingerprint density at radius 3 is 2.67 bits per heavy atom. The molecule has 0 aliphatic rings. The highest BCUT2D eigenvalue weighted by molar-refractivity contribution is 7.22. The smallest absolute Gasteiger partial charge is 0.269 e. The summed E-state index contributed by atoms with van der Waals surface area (Å²) in [5.41, 5.74) is 0.869.